The van der Waals surface area contributed by atoms with Crippen LogP contribution in [0.1, 0.15) is 46.5 Å². The number of carbonyl (C=O) groups excluding carboxylic acids is 1. The van der Waals surface area contributed by atoms with E-state index >= 15 is 0 Å². The number of fused-ring (bicyclic) bond motifs is 1. The van der Waals surface area contributed by atoms with Gasteiger partial charge < -0.3 is 20.9 Å². The van der Waals surface area contributed by atoms with E-state index in [9.17, 15) is 9.59 Å². The molecule has 130 valence electrons. The standard InChI is InChI=1S/C19H20N2O4/c1-19(2)7-8-25-16-6-4-11(9-13(16)19)17(22)21-15-10-12(18(23)24)3-5-14(15)20/h3-6,9-10H,7-8,20H2,1-2H3,(H,21,22)(H,23,24). The second kappa shape index (κ2) is 6.12. The number of anilines is 2. The van der Waals surface area contributed by atoms with Crippen molar-refractivity contribution < 1.29 is 19.4 Å². The Bertz CT molecular complexity index is 858. The normalized spacial score (nSPS) is 15.0. The third-order valence-electron chi connectivity index (χ3n) is 4.50. The molecule has 1 aliphatic rings. The molecule has 0 saturated heterocycles. The number of carboxylic acids is 1. The molecule has 0 unspecified atom stereocenters. The largest absolute Gasteiger partial charge is 0.493 e. The van der Waals surface area contributed by atoms with Gasteiger partial charge in [0.05, 0.1) is 23.5 Å². The lowest BCUT2D eigenvalue weighted by atomic mass is 9.79. The van der Waals surface area contributed by atoms with E-state index in [0.29, 0.717) is 17.9 Å². The summed E-state index contributed by atoms with van der Waals surface area (Å²) in [6, 6.07) is 9.51. The lowest BCUT2D eigenvalue weighted by Gasteiger charge is -2.32. The van der Waals surface area contributed by atoms with Crippen molar-refractivity contribution in [3.05, 3.63) is 53.1 Å². The molecule has 0 aromatic heterocycles. The fourth-order valence-electron chi connectivity index (χ4n) is 2.87. The zero-order chi connectivity index (χ0) is 18.2. The van der Waals surface area contributed by atoms with Crippen molar-refractivity contribution >= 4 is 23.3 Å². The van der Waals surface area contributed by atoms with Gasteiger partial charge in [0.2, 0.25) is 0 Å². The first kappa shape index (κ1) is 16.8. The van der Waals surface area contributed by atoms with Crippen molar-refractivity contribution in [1.82, 2.24) is 0 Å². The highest BCUT2D eigenvalue weighted by Crippen LogP contribution is 2.38. The first-order valence-corrected chi connectivity index (χ1v) is 7.99. The summed E-state index contributed by atoms with van der Waals surface area (Å²) in [5, 5.41) is 11.8. The van der Waals surface area contributed by atoms with E-state index < -0.39 is 5.97 Å². The van der Waals surface area contributed by atoms with Crippen LogP contribution in [0, 0.1) is 0 Å². The zero-order valence-electron chi connectivity index (χ0n) is 14.1. The smallest absolute Gasteiger partial charge is 0.335 e. The number of nitrogens with one attached hydrogen (secondary N) is 1. The number of amides is 1. The summed E-state index contributed by atoms with van der Waals surface area (Å²) in [5.41, 5.74) is 7.86. The van der Waals surface area contributed by atoms with Gasteiger partial charge in [-0.3, -0.25) is 4.79 Å². The maximum atomic E-state index is 12.6. The first-order valence-electron chi connectivity index (χ1n) is 7.99. The lowest BCUT2D eigenvalue weighted by Crippen LogP contribution is -2.27. The van der Waals surface area contributed by atoms with Crippen molar-refractivity contribution in [3.8, 4) is 5.75 Å². The molecule has 3 rings (SSSR count). The van der Waals surface area contributed by atoms with Gasteiger partial charge in [-0.05, 0) is 48.2 Å². The Hall–Kier alpha value is -3.02. The van der Waals surface area contributed by atoms with Crippen LogP contribution in [0.5, 0.6) is 5.75 Å². The molecule has 6 heteroatoms. The summed E-state index contributed by atoms with van der Waals surface area (Å²) in [5.74, 6) is -0.637. The van der Waals surface area contributed by atoms with Crippen molar-refractivity contribution in [2.75, 3.05) is 17.7 Å². The molecule has 1 amide bonds. The number of aromatic carboxylic acids is 1. The minimum atomic E-state index is -1.08. The van der Waals surface area contributed by atoms with Gasteiger partial charge in [0.15, 0.2) is 0 Å². The number of carbonyl (C=O) groups is 2. The molecule has 0 fully saturated rings. The van der Waals surface area contributed by atoms with E-state index in [1.807, 2.05) is 6.07 Å². The van der Waals surface area contributed by atoms with Gasteiger partial charge in [0.25, 0.3) is 5.91 Å². The average Bonchev–Trinajstić information content (AvgIpc) is 2.56. The van der Waals surface area contributed by atoms with E-state index in [0.717, 1.165) is 17.7 Å². The Morgan fingerprint density at radius 2 is 1.88 bits per heavy atom. The van der Waals surface area contributed by atoms with Crippen LogP contribution in [0.3, 0.4) is 0 Å². The van der Waals surface area contributed by atoms with Crippen molar-refractivity contribution in [2.24, 2.45) is 0 Å². The Balaban J connectivity index is 1.90. The molecule has 0 aliphatic carbocycles. The van der Waals surface area contributed by atoms with Gasteiger partial charge >= 0.3 is 5.97 Å². The highest BCUT2D eigenvalue weighted by molar-refractivity contribution is 6.06. The van der Waals surface area contributed by atoms with Gasteiger partial charge in [0, 0.05) is 11.1 Å². The molecule has 4 N–H and O–H groups in total. The Labute approximate surface area is 145 Å². The van der Waals surface area contributed by atoms with Crippen LogP contribution in [0.15, 0.2) is 36.4 Å². The Morgan fingerprint density at radius 1 is 1.16 bits per heavy atom. The fourth-order valence-corrected chi connectivity index (χ4v) is 2.87. The number of hydrogen-bond donors (Lipinski definition) is 3. The molecule has 0 saturated carbocycles. The number of nitrogen functional groups attached to an aromatic ring is 1. The summed E-state index contributed by atoms with van der Waals surface area (Å²) < 4.78 is 5.66. The SMILES string of the molecule is CC1(C)CCOc2ccc(C(=O)Nc3cc(C(=O)O)ccc3N)cc21. The maximum absolute atomic E-state index is 12.6. The molecule has 1 heterocycles. The van der Waals surface area contributed by atoms with E-state index in [1.54, 1.807) is 12.1 Å². The zero-order valence-corrected chi connectivity index (χ0v) is 14.1. The minimum absolute atomic E-state index is 0.0597. The molecular weight excluding hydrogens is 320 g/mol. The van der Waals surface area contributed by atoms with Gasteiger partial charge in [-0.2, -0.15) is 0 Å². The predicted octanol–water partition coefficient (Wildman–Crippen LogP) is 3.28. The number of benzene rings is 2. The van der Waals surface area contributed by atoms with Crippen LogP contribution in [-0.4, -0.2) is 23.6 Å². The molecule has 1 aliphatic heterocycles. The predicted molar refractivity (Wildman–Crippen MR) is 95.3 cm³/mol. The number of rotatable bonds is 3. The summed E-state index contributed by atoms with van der Waals surface area (Å²) in [6.45, 7) is 4.89. The maximum Gasteiger partial charge on any atom is 0.335 e. The Kier molecular flexibility index (Phi) is 4.12. The molecule has 25 heavy (non-hydrogen) atoms. The summed E-state index contributed by atoms with van der Waals surface area (Å²) in [4.78, 5) is 23.7. The van der Waals surface area contributed by atoms with Crippen LogP contribution < -0.4 is 15.8 Å². The monoisotopic (exact) mass is 340 g/mol. The van der Waals surface area contributed by atoms with Gasteiger partial charge in [0.1, 0.15) is 5.75 Å². The number of carboxylic acid groups (broad SMARTS) is 1. The van der Waals surface area contributed by atoms with E-state index in [2.05, 4.69) is 19.2 Å². The second-order valence-corrected chi connectivity index (χ2v) is 6.75. The highest BCUT2D eigenvalue weighted by atomic mass is 16.5. The van der Waals surface area contributed by atoms with E-state index in [4.69, 9.17) is 15.6 Å². The van der Waals surface area contributed by atoms with E-state index in [1.165, 1.54) is 18.2 Å². The van der Waals surface area contributed by atoms with Crippen LogP contribution in [0.4, 0.5) is 11.4 Å². The number of ether oxygens (including phenoxy) is 1. The molecule has 2 aromatic rings. The second-order valence-electron chi connectivity index (χ2n) is 6.75. The summed E-state index contributed by atoms with van der Waals surface area (Å²) in [7, 11) is 0. The summed E-state index contributed by atoms with van der Waals surface area (Å²) >= 11 is 0. The van der Waals surface area contributed by atoms with Crippen molar-refractivity contribution in [1.29, 1.82) is 0 Å². The van der Waals surface area contributed by atoms with Crippen LogP contribution in [0.2, 0.25) is 0 Å². The summed E-state index contributed by atoms with van der Waals surface area (Å²) in [6.07, 6.45) is 0.874. The third-order valence-corrected chi connectivity index (χ3v) is 4.50. The third kappa shape index (κ3) is 3.28. The van der Waals surface area contributed by atoms with Crippen LogP contribution in [-0.2, 0) is 5.41 Å². The molecule has 0 spiro atoms. The van der Waals surface area contributed by atoms with Gasteiger partial charge in [-0.15, -0.1) is 0 Å². The molecular formula is C19H20N2O4. The molecule has 0 radical (unpaired) electrons. The minimum Gasteiger partial charge on any atom is -0.493 e. The first-order chi connectivity index (χ1) is 11.8. The van der Waals surface area contributed by atoms with Crippen LogP contribution in [0.25, 0.3) is 0 Å². The molecule has 2 aromatic carbocycles. The molecule has 0 atom stereocenters. The molecule has 0 bridgehead atoms. The van der Waals surface area contributed by atoms with Crippen LogP contribution >= 0.6 is 0 Å². The Morgan fingerprint density at radius 3 is 2.60 bits per heavy atom. The quantitative estimate of drug-likeness (QED) is 0.744. The number of hydrogen-bond acceptors (Lipinski definition) is 4. The molecule has 6 nitrogen and oxygen atoms in total. The van der Waals surface area contributed by atoms with E-state index in [-0.39, 0.29) is 22.6 Å². The number of nitrogens with two attached hydrogens (primary N) is 1. The van der Waals surface area contributed by atoms with Gasteiger partial charge in [-0.1, -0.05) is 13.8 Å². The average molecular weight is 340 g/mol. The highest BCUT2D eigenvalue weighted by Gasteiger charge is 2.29. The fraction of sp³-hybridized carbons (Fsp3) is 0.263. The topological polar surface area (TPSA) is 102 Å². The van der Waals surface area contributed by atoms with Gasteiger partial charge in [-0.25, -0.2) is 4.79 Å². The van der Waals surface area contributed by atoms with Crippen molar-refractivity contribution in [3.63, 3.8) is 0 Å². The van der Waals surface area contributed by atoms with Crippen molar-refractivity contribution in [2.45, 2.75) is 25.7 Å². The lowest BCUT2D eigenvalue weighted by molar-refractivity contribution is 0.0696.